The maximum absolute atomic E-state index is 12.7. The predicted molar refractivity (Wildman–Crippen MR) is 140 cm³/mol. The molecule has 6 atom stereocenters. The predicted octanol–water partition coefficient (Wildman–Crippen LogP) is 4.29. The molecule has 0 radical (unpaired) electrons. The van der Waals surface area contributed by atoms with Gasteiger partial charge in [-0.2, -0.15) is 0 Å². The molecule has 1 aliphatic heterocycles. The number of benzene rings is 1. The molecular formula is C28H42N2O6. The first-order chi connectivity index (χ1) is 16.9. The molecule has 0 fully saturated rings. The lowest BCUT2D eigenvalue weighted by Gasteiger charge is -2.29. The SMILES string of the molecule is C/C1=C\CC[C@H](C)[C@@H](OC(N)=O)/C(C)=C/[C@H](C)[C@@H](O)[C@@H](CO)C[C@H](C)Cc2cc(O)cc(c2)NC1=O. The lowest BCUT2D eigenvalue weighted by Crippen LogP contribution is -2.33. The molecule has 1 aromatic carbocycles. The summed E-state index contributed by atoms with van der Waals surface area (Å²) in [5.41, 5.74) is 8.02. The normalized spacial score (nSPS) is 31.9. The van der Waals surface area contributed by atoms with E-state index in [2.05, 4.69) is 5.32 Å². The highest BCUT2D eigenvalue weighted by Crippen LogP contribution is 2.29. The molecule has 0 aromatic heterocycles. The van der Waals surface area contributed by atoms with E-state index in [0.29, 0.717) is 36.9 Å². The van der Waals surface area contributed by atoms with E-state index in [1.54, 1.807) is 13.0 Å². The molecule has 2 bridgehead atoms. The van der Waals surface area contributed by atoms with Gasteiger partial charge in [-0.1, -0.05) is 32.9 Å². The van der Waals surface area contributed by atoms with E-state index in [1.165, 1.54) is 6.07 Å². The second kappa shape index (κ2) is 13.5. The monoisotopic (exact) mass is 502 g/mol. The van der Waals surface area contributed by atoms with E-state index in [-0.39, 0.29) is 41.9 Å². The molecule has 0 aliphatic carbocycles. The molecule has 2 rings (SSSR count). The Balaban J connectivity index is 2.43. The number of amides is 2. The molecule has 1 aliphatic rings. The van der Waals surface area contributed by atoms with Gasteiger partial charge < -0.3 is 31.1 Å². The van der Waals surface area contributed by atoms with Gasteiger partial charge in [-0.25, -0.2) is 4.79 Å². The summed E-state index contributed by atoms with van der Waals surface area (Å²) in [6, 6.07) is 5.01. The number of phenols is 1. The fourth-order valence-corrected chi connectivity index (χ4v) is 5.05. The van der Waals surface area contributed by atoms with Crippen LogP contribution < -0.4 is 11.1 Å². The van der Waals surface area contributed by atoms with Crippen LogP contribution in [0.5, 0.6) is 5.75 Å². The highest BCUT2D eigenvalue weighted by atomic mass is 16.6. The van der Waals surface area contributed by atoms with Gasteiger partial charge >= 0.3 is 6.09 Å². The second-order valence-corrected chi connectivity index (χ2v) is 10.4. The van der Waals surface area contributed by atoms with Gasteiger partial charge in [-0.15, -0.1) is 0 Å². The van der Waals surface area contributed by atoms with Crippen LogP contribution in [0.1, 0.15) is 59.4 Å². The zero-order valence-electron chi connectivity index (χ0n) is 22.0. The van der Waals surface area contributed by atoms with Crippen LogP contribution in [0.4, 0.5) is 10.5 Å². The summed E-state index contributed by atoms with van der Waals surface area (Å²) in [5, 5.41) is 34.1. The Kier molecular flexibility index (Phi) is 11.0. The van der Waals surface area contributed by atoms with Crippen LogP contribution in [-0.4, -0.2) is 46.1 Å². The van der Waals surface area contributed by atoms with Crippen molar-refractivity contribution in [2.75, 3.05) is 11.9 Å². The zero-order chi connectivity index (χ0) is 27.0. The first-order valence-electron chi connectivity index (χ1n) is 12.7. The van der Waals surface area contributed by atoms with Gasteiger partial charge in [0.15, 0.2) is 0 Å². The second-order valence-electron chi connectivity index (χ2n) is 10.4. The Morgan fingerprint density at radius 1 is 1.19 bits per heavy atom. The Bertz CT molecular complexity index is 973. The average Bonchev–Trinajstić information content (AvgIpc) is 2.78. The number of fused-ring (bicyclic) bond motifs is 2. The summed E-state index contributed by atoms with van der Waals surface area (Å²) in [5.74, 6) is -0.853. The number of primary amides is 1. The van der Waals surface area contributed by atoms with Gasteiger partial charge in [-0.3, -0.25) is 4.79 Å². The number of nitrogens with one attached hydrogen (secondary N) is 1. The number of allylic oxidation sites excluding steroid dienone is 1. The molecule has 1 aromatic rings. The first kappa shape index (κ1) is 29.4. The largest absolute Gasteiger partial charge is 0.508 e. The van der Waals surface area contributed by atoms with Gasteiger partial charge in [0.2, 0.25) is 0 Å². The van der Waals surface area contributed by atoms with E-state index in [0.717, 1.165) is 11.1 Å². The van der Waals surface area contributed by atoms with Crippen molar-refractivity contribution < 1.29 is 29.6 Å². The molecule has 0 spiro atoms. The molecule has 0 saturated carbocycles. The van der Waals surface area contributed by atoms with E-state index >= 15 is 0 Å². The van der Waals surface area contributed by atoms with Crippen LogP contribution in [0.15, 0.2) is 41.5 Å². The number of aliphatic hydroxyl groups excluding tert-OH is 2. The van der Waals surface area contributed by atoms with Crippen molar-refractivity contribution in [1.29, 1.82) is 0 Å². The van der Waals surface area contributed by atoms with Crippen molar-refractivity contribution in [3.8, 4) is 5.75 Å². The van der Waals surface area contributed by atoms with Crippen LogP contribution in [0, 0.1) is 23.7 Å². The topological polar surface area (TPSA) is 142 Å². The Labute approximate surface area is 214 Å². The number of carbonyl (C=O) groups excluding carboxylic acids is 2. The minimum absolute atomic E-state index is 0.0600. The third kappa shape index (κ3) is 8.68. The van der Waals surface area contributed by atoms with E-state index < -0.39 is 18.3 Å². The van der Waals surface area contributed by atoms with Crippen LogP contribution in [0.25, 0.3) is 0 Å². The molecule has 36 heavy (non-hydrogen) atoms. The number of hydrogen-bond acceptors (Lipinski definition) is 6. The maximum atomic E-state index is 12.7. The number of aliphatic hydroxyl groups is 2. The fourth-order valence-electron chi connectivity index (χ4n) is 5.05. The van der Waals surface area contributed by atoms with Gasteiger partial charge in [0, 0.05) is 35.8 Å². The number of ether oxygens (including phenoxy) is 1. The number of aromatic hydroxyl groups is 1. The summed E-state index contributed by atoms with van der Waals surface area (Å²) in [4.78, 5) is 24.3. The number of phenolic OH excluding ortho intramolecular Hbond substituents is 1. The molecule has 0 unspecified atom stereocenters. The van der Waals surface area contributed by atoms with Crippen LogP contribution in [0.3, 0.4) is 0 Å². The molecule has 200 valence electrons. The van der Waals surface area contributed by atoms with Gasteiger partial charge in [0.1, 0.15) is 11.9 Å². The van der Waals surface area contributed by atoms with Crippen LogP contribution in [0.2, 0.25) is 0 Å². The van der Waals surface area contributed by atoms with E-state index in [9.17, 15) is 24.9 Å². The van der Waals surface area contributed by atoms with E-state index in [1.807, 2.05) is 45.9 Å². The summed E-state index contributed by atoms with van der Waals surface area (Å²) >= 11 is 0. The Hall–Kier alpha value is -2.84. The number of nitrogens with two attached hydrogens (primary N) is 1. The summed E-state index contributed by atoms with van der Waals surface area (Å²) < 4.78 is 5.43. The van der Waals surface area contributed by atoms with Crippen molar-refractivity contribution in [2.24, 2.45) is 29.4 Å². The molecule has 0 saturated heterocycles. The van der Waals surface area contributed by atoms with E-state index in [4.69, 9.17) is 10.5 Å². The third-order valence-corrected chi connectivity index (χ3v) is 6.95. The van der Waals surface area contributed by atoms with Crippen molar-refractivity contribution >= 4 is 17.7 Å². The van der Waals surface area contributed by atoms with Gasteiger partial charge in [0.25, 0.3) is 5.91 Å². The zero-order valence-corrected chi connectivity index (χ0v) is 22.0. The highest BCUT2D eigenvalue weighted by Gasteiger charge is 2.28. The average molecular weight is 503 g/mol. The summed E-state index contributed by atoms with van der Waals surface area (Å²) in [7, 11) is 0. The smallest absolute Gasteiger partial charge is 0.405 e. The van der Waals surface area contributed by atoms with Crippen molar-refractivity contribution in [3.63, 3.8) is 0 Å². The quantitative estimate of drug-likeness (QED) is 0.382. The fraction of sp³-hybridized carbons (Fsp3) is 0.571. The molecule has 8 nitrogen and oxygen atoms in total. The van der Waals surface area contributed by atoms with Gasteiger partial charge in [0.05, 0.1) is 6.10 Å². The lowest BCUT2D eigenvalue weighted by atomic mass is 9.82. The number of rotatable bonds is 2. The number of anilines is 1. The van der Waals surface area contributed by atoms with Crippen LogP contribution in [-0.2, 0) is 16.0 Å². The Morgan fingerprint density at radius 3 is 2.53 bits per heavy atom. The van der Waals surface area contributed by atoms with Crippen molar-refractivity contribution in [1.82, 2.24) is 0 Å². The third-order valence-electron chi connectivity index (χ3n) is 6.95. The standard InChI is InChI=1S/C28H42N2O6/c1-16-9-21-12-23(14-24(32)13-21)30-27(34)18(3)8-6-7-17(2)26(36-28(29)35)20(5)11-19(4)25(33)22(10-16)15-31/h8,11-14,16-17,19,22,25-26,31-33H,6-7,9-10,15H2,1-5H3,(H2,29,35)(H,30,34)/b18-8+,20-11+/t16-,17+,19+,22-,25-,26-/m1/s1. The number of hydrogen-bond donors (Lipinski definition) is 5. The Morgan fingerprint density at radius 2 is 1.89 bits per heavy atom. The molecular weight excluding hydrogens is 460 g/mol. The van der Waals surface area contributed by atoms with Gasteiger partial charge in [-0.05, 0) is 74.6 Å². The van der Waals surface area contributed by atoms with Crippen molar-refractivity contribution in [2.45, 2.75) is 72.5 Å². The molecule has 1 heterocycles. The molecule has 2 amide bonds. The maximum Gasteiger partial charge on any atom is 0.405 e. The number of carbonyl (C=O) groups is 2. The molecule has 8 heteroatoms. The van der Waals surface area contributed by atoms with Crippen molar-refractivity contribution in [3.05, 3.63) is 47.1 Å². The highest BCUT2D eigenvalue weighted by molar-refractivity contribution is 6.03. The minimum atomic E-state index is -0.871. The van der Waals surface area contributed by atoms with Crippen LogP contribution >= 0.6 is 0 Å². The first-order valence-corrected chi connectivity index (χ1v) is 12.7. The molecule has 6 N–H and O–H groups in total. The minimum Gasteiger partial charge on any atom is -0.508 e. The summed E-state index contributed by atoms with van der Waals surface area (Å²) in [6.07, 6.45) is 3.86. The summed E-state index contributed by atoms with van der Waals surface area (Å²) in [6.45, 7) is 9.25. The lowest BCUT2D eigenvalue weighted by molar-refractivity contribution is -0.112.